The van der Waals surface area contributed by atoms with Gasteiger partial charge < -0.3 is 15.0 Å². The van der Waals surface area contributed by atoms with E-state index in [0.29, 0.717) is 19.5 Å². The highest BCUT2D eigenvalue weighted by molar-refractivity contribution is 5.92. The number of pyridine rings is 1. The second kappa shape index (κ2) is 5.69. The van der Waals surface area contributed by atoms with E-state index in [1.54, 1.807) is 17.0 Å². The smallest absolute Gasteiger partial charge is 0.303 e. The molecule has 0 bridgehead atoms. The Kier molecular flexibility index (Phi) is 3.99. The van der Waals surface area contributed by atoms with E-state index in [1.807, 2.05) is 0 Å². The lowest BCUT2D eigenvalue weighted by Gasteiger charge is -2.16. The Balaban J connectivity index is 1.95. The first-order chi connectivity index (χ1) is 9.06. The molecule has 0 radical (unpaired) electrons. The van der Waals surface area contributed by atoms with Crippen molar-refractivity contribution < 1.29 is 14.7 Å². The number of aromatic amines is 1. The first-order valence-electron chi connectivity index (χ1n) is 6.26. The van der Waals surface area contributed by atoms with E-state index >= 15 is 0 Å². The van der Waals surface area contributed by atoms with Gasteiger partial charge in [-0.05, 0) is 24.8 Å². The minimum Gasteiger partial charge on any atom is -0.481 e. The third-order valence-corrected chi connectivity index (χ3v) is 3.34. The highest BCUT2D eigenvalue weighted by Gasteiger charge is 2.27. The van der Waals surface area contributed by atoms with Crippen molar-refractivity contribution in [1.29, 1.82) is 0 Å². The highest BCUT2D eigenvalue weighted by atomic mass is 16.4. The van der Waals surface area contributed by atoms with Crippen molar-refractivity contribution in [3.8, 4) is 0 Å². The number of H-pyrrole nitrogens is 1. The van der Waals surface area contributed by atoms with Crippen LogP contribution in [-0.2, 0) is 4.79 Å². The quantitative estimate of drug-likeness (QED) is 0.837. The van der Waals surface area contributed by atoms with E-state index in [4.69, 9.17) is 5.11 Å². The van der Waals surface area contributed by atoms with Gasteiger partial charge in [-0.1, -0.05) is 6.07 Å². The van der Waals surface area contributed by atoms with Gasteiger partial charge in [0.15, 0.2) is 0 Å². The number of aliphatic carboxylic acids is 1. The summed E-state index contributed by atoms with van der Waals surface area (Å²) in [5.41, 5.74) is -0.0149. The molecule has 2 rings (SSSR count). The minimum atomic E-state index is -0.808. The first-order valence-corrected chi connectivity index (χ1v) is 6.26. The van der Waals surface area contributed by atoms with Crippen LogP contribution in [-0.4, -0.2) is 40.0 Å². The molecule has 0 aromatic carbocycles. The van der Waals surface area contributed by atoms with E-state index in [9.17, 15) is 14.4 Å². The predicted molar refractivity (Wildman–Crippen MR) is 67.9 cm³/mol. The van der Waals surface area contributed by atoms with Gasteiger partial charge in [-0.3, -0.25) is 14.4 Å². The molecule has 1 saturated heterocycles. The molecule has 1 atom stereocenters. The first kappa shape index (κ1) is 13.3. The zero-order valence-electron chi connectivity index (χ0n) is 10.5. The maximum absolute atomic E-state index is 12.1. The van der Waals surface area contributed by atoms with Crippen LogP contribution in [0.25, 0.3) is 0 Å². The van der Waals surface area contributed by atoms with Crippen LogP contribution < -0.4 is 5.56 Å². The monoisotopic (exact) mass is 264 g/mol. The number of carbonyl (C=O) groups excluding carboxylic acids is 1. The van der Waals surface area contributed by atoms with Gasteiger partial charge in [0.1, 0.15) is 5.69 Å². The molecule has 0 spiro atoms. The zero-order chi connectivity index (χ0) is 13.8. The fourth-order valence-electron chi connectivity index (χ4n) is 2.32. The molecular formula is C13H16N2O4. The van der Waals surface area contributed by atoms with Crippen molar-refractivity contribution in [2.45, 2.75) is 19.3 Å². The summed E-state index contributed by atoms with van der Waals surface area (Å²) in [7, 11) is 0. The molecule has 6 heteroatoms. The molecule has 2 heterocycles. The van der Waals surface area contributed by atoms with Gasteiger partial charge in [-0.15, -0.1) is 0 Å². The van der Waals surface area contributed by atoms with Gasteiger partial charge in [0.2, 0.25) is 5.56 Å². The number of hydrogen-bond donors (Lipinski definition) is 2. The summed E-state index contributed by atoms with van der Waals surface area (Å²) in [6, 6.07) is 4.48. The minimum absolute atomic E-state index is 0.134. The number of carbonyl (C=O) groups is 2. The lowest BCUT2D eigenvalue weighted by molar-refractivity contribution is -0.137. The predicted octanol–water partition coefficient (Wildman–Crippen LogP) is 0.702. The standard InChI is InChI=1S/C13H16N2O4/c16-11-3-1-2-10(14-11)13(19)15-7-6-9(8-15)4-5-12(17)18/h1-3,9H,4-8H2,(H,14,16)(H,17,18). The third-order valence-electron chi connectivity index (χ3n) is 3.34. The van der Waals surface area contributed by atoms with Gasteiger partial charge >= 0.3 is 5.97 Å². The van der Waals surface area contributed by atoms with E-state index in [1.165, 1.54) is 6.07 Å². The fourth-order valence-corrected chi connectivity index (χ4v) is 2.32. The van der Waals surface area contributed by atoms with Crippen molar-refractivity contribution in [1.82, 2.24) is 9.88 Å². The summed E-state index contributed by atoms with van der Waals surface area (Å²) in [6.07, 6.45) is 1.54. The Labute approximate surface area is 110 Å². The maximum Gasteiger partial charge on any atom is 0.303 e. The Morgan fingerprint density at radius 2 is 2.21 bits per heavy atom. The molecule has 6 nitrogen and oxygen atoms in total. The van der Waals surface area contributed by atoms with Crippen molar-refractivity contribution in [3.05, 3.63) is 34.2 Å². The van der Waals surface area contributed by atoms with E-state index in [-0.39, 0.29) is 29.5 Å². The number of aromatic nitrogens is 1. The zero-order valence-corrected chi connectivity index (χ0v) is 10.5. The van der Waals surface area contributed by atoms with Crippen LogP contribution in [0.2, 0.25) is 0 Å². The number of amides is 1. The summed E-state index contributed by atoms with van der Waals surface area (Å²) >= 11 is 0. The van der Waals surface area contributed by atoms with E-state index < -0.39 is 5.97 Å². The maximum atomic E-state index is 12.1. The summed E-state index contributed by atoms with van der Waals surface area (Å²) in [4.78, 5) is 38.0. The Hall–Kier alpha value is -2.11. The summed E-state index contributed by atoms with van der Waals surface area (Å²) in [5.74, 6) is -0.775. The summed E-state index contributed by atoms with van der Waals surface area (Å²) in [6.45, 7) is 1.17. The lowest BCUT2D eigenvalue weighted by atomic mass is 10.0. The van der Waals surface area contributed by atoms with Crippen molar-refractivity contribution in [2.75, 3.05) is 13.1 Å². The van der Waals surface area contributed by atoms with Crippen LogP contribution in [0.3, 0.4) is 0 Å². The summed E-state index contributed by atoms with van der Waals surface area (Å²) in [5, 5.41) is 8.64. The average molecular weight is 264 g/mol. The topological polar surface area (TPSA) is 90.5 Å². The molecule has 1 amide bonds. The fraction of sp³-hybridized carbons (Fsp3) is 0.462. The molecule has 1 aliphatic rings. The molecule has 102 valence electrons. The van der Waals surface area contributed by atoms with Crippen LogP contribution in [0.1, 0.15) is 29.8 Å². The molecular weight excluding hydrogens is 248 g/mol. The molecule has 0 aliphatic carbocycles. The number of carboxylic acids is 1. The van der Waals surface area contributed by atoms with E-state index in [0.717, 1.165) is 6.42 Å². The van der Waals surface area contributed by atoms with Crippen molar-refractivity contribution >= 4 is 11.9 Å². The number of nitrogens with zero attached hydrogens (tertiary/aromatic N) is 1. The Bertz CT molecular complexity index is 537. The third kappa shape index (κ3) is 3.43. The van der Waals surface area contributed by atoms with Gasteiger partial charge in [0.25, 0.3) is 5.91 Å². The largest absolute Gasteiger partial charge is 0.481 e. The lowest BCUT2D eigenvalue weighted by Crippen LogP contribution is -2.30. The van der Waals surface area contributed by atoms with Crippen LogP contribution >= 0.6 is 0 Å². The number of likely N-dealkylation sites (tertiary alicyclic amines) is 1. The molecule has 2 N–H and O–H groups in total. The molecule has 19 heavy (non-hydrogen) atoms. The Morgan fingerprint density at radius 3 is 2.89 bits per heavy atom. The number of carboxylic acid groups (broad SMARTS) is 1. The van der Waals surface area contributed by atoms with Gasteiger partial charge in [0, 0.05) is 25.6 Å². The van der Waals surface area contributed by atoms with Crippen LogP contribution in [0.4, 0.5) is 0 Å². The number of nitrogens with one attached hydrogen (secondary N) is 1. The second-order valence-electron chi connectivity index (χ2n) is 4.77. The van der Waals surface area contributed by atoms with Crippen molar-refractivity contribution in [3.63, 3.8) is 0 Å². The highest BCUT2D eigenvalue weighted by Crippen LogP contribution is 2.22. The number of hydrogen-bond acceptors (Lipinski definition) is 3. The molecule has 1 fully saturated rings. The molecule has 1 unspecified atom stereocenters. The number of rotatable bonds is 4. The van der Waals surface area contributed by atoms with Gasteiger partial charge in [-0.25, -0.2) is 0 Å². The normalized spacial score (nSPS) is 18.5. The molecule has 1 aliphatic heterocycles. The summed E-state index contributed by atoms with van der Waals surface area (Å²) < 4.78 is 0. The van der Waals surface area contributed by atoms with Gasteiger partial charge in [0.05, 0.1) is 0 Å². The van der Waals surface area contributed by atoms with Crippen molar-refractivity contribution in [2.24, 2.45) is 5.92 Å². The molecule has 1 aromatic rings. The van der Waals surface area contributed by atoms with E-state index in [2.05, 4.69) is 4.98 Å². The molecule has 1 aromatic heterocycles. The van der Waals surface area contributed by atoms with Crippen LogP contribution in [0, 0.1) is 5.92 Å². The van der Waals surface area contributed by atoms with Crippen LogP contribution in [0.15, 0.2) is 23.0 Å². The average Bonchev–Trinajstić information content (AvgIpc) is 2.84. The Morgan fingerprint density at radius 1 is 1.42 bits per heavy atom. The van der Waals surface area contributed by atoms with Gasteiger partial charge in [-0.2, -0.15) is 0 Å². The van der Waals surface area contributed by atoms with Crippen LogP contribution in [0.5, 0.6) is 0 Å². The second-order valence-corrected chi connectivity index (χ2v) is 4.77. The SMILES string of the molecule is O=C(O)CCC1CCN(C(=O)c2cccc(=O)[nH]2)C1. The molecule has 0 saturated carbocycles.